The smallest absolute Gasteiger partial charge is 0.319 e. The topological polar surface area (TPSA) is 122 Å². The summed E-state index contributed by atoms with van der Waals surface area (Å²) in [6.07, 6.45) is 6.27. The molecule has 3 aromatic rings. The number of esters is 1. The highest BCUT2D eigenvalue weighted by Crippen LogP contribution is 2.32. The van der Waals surface area contributed by atoms with E-state index in [1.54, 1.807) is 18.5 Å². The van der Waals surface area contributed by atoms with Gasteiger partial charge < -0.3 is 20.3 Å². The zero-order valence-electron chi connectivity index (χ0n) is 19.3. The van der Waals surface area contributed by atoms with Gasteiger partial charge in [0.05, 0.1) is 24.4 Å². The Balaban J connectivity index is 1.51. The number of carbonyl (C=O) groups is 2. The molecule has 1 aromatic carbocycles. The summed E-state index contributed by atoms with van der Waals surface area (Å²) in [6, 6.07) is 8.91. The Labute approximate surface area is 202 Å². The first-order chi connectivity index (χ1) is 17.1. The number of rotatable bonds is 5. The van der Waals surface area contributed by atoms with Crippen molar-refractivity contribution in [2.75, 3.05) is 29.9 Å². The molecule has 35 heavy (non-hydrogen) atoms. The molecule has 10 nitrogen and oxygen atoms in total. The molecule has 2 aliphatic heterocycles. The van der Waals surface area contributed by atoms with Gasteiger partial charge in [-0.3, -0.25) is 4.79 Å². The van der Waals surface area contributed by atoms with Crippen LogP contribution in [0.4, 0.5) is 16.4 Å². The fourth-order valence-corrected chi connectivity index (χ4v) is 4.18. The maximum Gasteiger partial charge on any atom is 0.319 e. The van der Waals surface area contributed by atoms with E-state index in [1.807, 2.05) is 37.3 Å². The first-order valence-corrected chi connectivity index (χ1v) is 11.5. The van der Waals surface area contributed by atoms with Gasteiger partial charge in [-0.05, 0) is 55.3 Å². The molecule has 4 heterocycles. The molecule has 2 N–H and O–H groups in total. The average Bonchev–Trinajstić information content (AvgIpc) is 2.89. The lowest BCUT2D eigenvalue weighted by molar-refractivity contribution is -0.141. The predicted octanol–water partition coefficient (Wildman–Crippen LogP) is 2.97. The standard InChI is InChI=1S/C25H25N7O3/c1-2-26-25(34)29-18-6-4-16(5-7-18)23-30-20-15-32(24-27-10-3-11-28-24)12-8-19(20)22(31-23)17-9-13-35-21(33)14-17/h3-7,9-11H,2,8,12-15H2,1H3,(H2,26,29,34). The lowest BCUT2D eigenvalue weighted by atomic mass is 9.95. The second-order valence-corrected chi connectivity index (χ2v) is 8.19. The molecule has 0 saturated carbocycles. The molecule has 0 unspecified atom stereocenters. The van der Waals surface area contributed by atoms with Gasteiger partial charge in [0.25, 0.3) is 0 Å². The largest absolute Gasteiger partial charge is 0.461 e. The van der Waals surface area contributed by atoms with Crippen LogP contribution in [0.3, 0.4) is 0 Å². The minimum absolute atomic E-state index is 0.184. The van der Waals surface area contributed by atoms with E-state index in [0.717, 1.165) is 34.6 Å². The lowest BCUT2D eigenvalue weighted by Crippen LogP contribution is -2.33. The lowest BCUT2D eigenvalue weighted by Gasteiger charge is -2.30. The molecule has 0 atom stereocenters. The summed E-state index contributed by atoms with van der Waals surface area (Å²) < 4.78 is 5.10. The molecule has 2 amide bonds. The molecular weight excluding hydrogens is 446 g/mol. The SMILES string of the molecule is CCNC(=O)Nc1ccc(-c2nc3c(c(C4=CCOC(=O)C4)n2)CCN(c2ncccn2)C3)cc1. The number of nitrogens with one attached hydrogen (secondary N) is 2. The van der Waals surface area contributed by atoms with Gasteiger partial charge in [-0.1, -0.05) is 0 Å². The number of ether oxygens (including phenoxy) is 1. The minimum atomic E-state index is -0.257. The minimum Gasteiger partial charge on any atom is -0.461 e. The van der Waals surface area contributed by atoms with Crippen molar-refractivity contribution in [1.82, 2.24) is 25.3 Å². The number of cyclic esters (lactones) is 1. The Morgan fingerprint density at radius 3 is 2.69 bits per heavy atom. The molecule has 178 valence electrons. The van der Waals surface area contributed by atoms with E-state index >= 15 is 0 Å². The molecule has 0 saturated heterocycles. The van der Waals surface area contributed by atoms with E-state index in [0.29, 0.717) is 37.0 Å². The number of fused-ring (bicyclic) bond motifs is 1. The Hall–Kier alpha value is -4.34. The van der Waals surface area contributed by atoms with E-state index in [-0.39, 0.29) is 25.0 Å². The van der Waals surface area contributed by atoms with Crippen LogP contribution >= 0.6 is 0 Å². The van der Waals surface area contributed by atoms with Crippen LogP contribution in [0.2, 0.25) is 0 Å². The maximum atomic E-state index is 12.0. The molecule has 2 aliphatic rings. The molecule has 0 spiro atoms. The second kappa shape index (κ2) is 9.88. The van der Waals surface area contributed by atoms with Crippen molar-refractivity contribution >= 4 is 29.2 Å². The summed E-state index contributed by atoms with van der Waals surface area (Å²) in [6.45, 7) is 3.91. The number of amides is 2. The first kappa shape index (κ1) is 22.5. The van der Waals surface area contributed by atoms with Crippen molar-refractivity contribution in [2.24, 2.45) is 0 Å². The van der Waals surface area contributed by atoms with Crippen molar-refractivity contribution in [2.45, 2.75) is 26.3 Å². The number of hydrogen-bond acceptors (Lipinski definition) is 8. The van der Waals surface area contributed by atoms with Crippen molar-refractivity contribution in [3.63, 3.8) is 0 Å². The van der Waals surface area contributed by atoms with Crippen LogP contribution in [0, 0.1) is 0 Å². The van der Waals surface area contributed by atoms with Crippen molar-refractivity contribution in [3.8, 4) is 11.4 Å². The third-order valence-corrected chi connectivity index (χ3v) is 5.85. The Bertz CT molecular complexity index is 1280. The molecule has 0 bridgehead atoms. The quantitative estimate of drug-likeness (QED) is 0.545. The third-order valence-electron chi connectivity index (χ3n) is 5.85. The third kappa shape index (κ3) is 4.96. The van der Waals surface area contributed by atoms with Crippen LogP contribution in [0.1, 0.15) is 30.3 Å². The van der Waals surface area contributed by atoms with E-state index in [1.165, 1.54) is 0 Å². The summed E-state index contributed by atoms with van der Waals surface area (Å²) >= 11 is 0. The van der Waals surface area contributed by atoms with Crippen LogP contribution < -0.4 is 15.5 Å². The van der Waals surface area contributed by atoms with Gasteiger partial charge in [0.15, 0.2) is 5.82 Å². The highest BCUT2D eigenvalue weighted by Gasteiger charge is 2.27. The normalized spacial score (nSPS) is 15.1. The summed E-state index contributed by atoms with van der Waals surface area (Å²) in [7, 11) is 0. The number of nitrogens with zero attached hydrogens (tertiary/aromatic N) is 5. The Morgan fingerprint density at radius 1 is 1.14 bits per heavy atom. The molecule has 5 rings (SSSR count). The molecule has 0 fully saturated rings. The van der Waals surface area contributed by atoms with Crippen molar-refractivity contribution in [1.29, 1.82) is 0 Å². The van der Waals surface area contributed by atoms with E-state index in [2.05, 4.69) is 25.5 Å². The van der Waals surface area contributed by atoms with Crippen LogP contribution in [-0.4, -0.2) is 51.6 Å². The van der Waals surface area contributed by atoms with E-state index in [9.17, 15) is 9.59 Å². The fraction of sp³-hybridized carbons (Fsp3) is 0.280. The number of hydrogen-bond donors (Lipinski definition) is 2. The maximum absolute atomic E-state index is 12.0. The van der Waals surface area contributed by atoms with Crippen molar-refractivity contribution in [3.05, 3.63) is 65.8 Å². The van der Waals surface area contributed by atoms with Crippen molar-refractivity contribution < 1.29 is 14.3 Å². The highest BCUT2D eigenvalue weighted by atomic mass is 16.5. The predicted molar refractivity (Wildman–Crippen MR) is 131 cm³/mol. The van der Waals surface area contributed by atoms with Gasteiger partial charge in [0, 0.05) is 42.3 Å². The molecule has 2 aromatic heterocycles. The fourth-order valence-electron chi connectivity index (χ4n) is 4.18. The monoisotopic (exact) mass is 471 g/mol. The molecular formula is C25H25N7O3. The Morgan fingerprint density at radius 2 is 1.94 bits per heavy atom. The summed E-state index contributed by atoms with van der Waals surface area (Å²) in [4.78, 5) is 44.5. The summed E-state index contributed by atoms with van der Waals surface area (Å²) in [5.74, 6) is 0.951. The average molecular weight is 472 g/mol. The van der Waals surface area contributed by atoms with Crippen LogP contribution in [0.25, 0.3) is 17.0 Å². The number of benzene rings is 1. The van der Waals surface area contributed by atoms with Crippen LogP contribution in [0.15, 0.2) is 48.8 Å². The molecule has 0 radical (unpaired) electrons. The van der Waals surface area contributed by atoms with E-state index in [4.69, 9.17) is 14.7 Å². The van der Waals surface area contributed by atoms with Gasteiger partial charge >= 0.3 is 12.0 Å². The highest BCUT2D eigenvalue weighted by molar-refractivity contribution is 5.89. The van der Waals surface area contributed by atoms with Crippen LogP contribution in [0.5, 0.6) is 0 Å². The first-order valence-electron chi connectivity index (χ1n) is 11.5. The van der Waals surface area contributed by atoms with Gasteiger partial charge in [-0.25, -0.2) is 24.7 Å². The number of anilines is 2. The number of aromatic nitrogens is 4. The molecule has 10 heteroatoms. The zero-order chi connectivity index (χ0) is 24.2. The van der Waals surface area contributed by atoms with Gasteiger partial charge in [0.1, 0.15) is 6.61 Å². The number of urea groups is 1. The zero-order valence-corrected chi connectivity index (χ0v) is 19.3. The summed E-state index contributed by atoms with van der Waals surface area (Å²) in [5, 5.41) is 5.50. The van der Waals surface area contributed by atoms with E-state index < -0.39 is 0 Å². The van der Waals surface area contributed by atoms with Gasteiger partial charge in [-0.2, -0.15) is 0 Å². The number of carbonyl (C=O) groups excluding carboxylic acids is 2. The molecule has 0 aliphatic carbocycles. The van der Waals surface area contributed by atoms with Gasteiger partial charge in [-0.15, -0.1) is 0 Å². The van der Waals surface area contributed by atoms with Gasteiger partial charge in [0.2, 0.25) is 5.95 Å². The Kier molecular flexibility index (Phi) is 6.34. The van der Waals surface area contributed by atoms with Crippen LogP contribution in [-0.2, 0) is 22.5 Å². The summed E-state index contributed by atoms with van der Waals surface area (Å²) in [5.41, 5.74) is 5.05. The second-order valence-electron chi connectivity index (χ2n) is 8.19.